The van der Waals surface area contributed by atoms with Gasteiger partial charge in [-0.3, -0.25) is 9.59 Å². The van der Waals surface area contributed by atoms with Gasteiger partial charge in [-0.1, -0.05) is 50.2 Å². The van der Waals surface area contributed by atoms with E-state index in [1.807, 2.05) is 50.2 Å². The monoisotopic (exact) mass is 295 g/mol. The molecular formula is C19H21NO2. The average Bonchev–Trinajstić information content (AvgIpc) is 3.43. The van der Waals surface area contributed by atoms with E-state index in [2.05, 4.69) is 5.32 Å². The minimum Gasteiger partial charge on any atom is -0.326 e. The van der Waals surface area contributed by atoms with Crippen molar-refractivity contribution < 1.29 is 9.59 Å². The van der Waals surface area contributed by atoms with Crippen LogP contribution in [0.2, 0.25) is 0 Å². The van der Waals surface area contributed by atoms with Crippen molar-refractivity contribution >= 4 is 17.9 Å². The zero-order chi connectivity index (χ0) is 15.9. The first kappa shape index (κ1) is 16.0. The number of hydrogen-bond donors (Lipinski definition) is 1. The highest BCUT2D eigenvalue weighted by atomic mass is 16.2. The molecule has 3 nitrogen and oxygen atoms in total. The highest BCUT2D eigenvalue weighted by Gasteiger charge is 2.29. The quantitative estimate of drug-likeness (QED) is 0.842. The second-order valence-electron chi connectivity index (χ2n) is 5.08. The van der Waals surface area contributed by atoms with Gasteiger partial charge in [0.05, 0.1) is 0 Å². The summed E-state index contributed by atoms with van der Waals surface area (Å²) in [6, 6.07) is 15.2. The van der Waals surface area contributed by atoms with Gasteiger partial charge in [0.25, 0.3) is 0 Å². The van der Waals surface area contributed by atoms with Gasteiger partial charge in [0, 0.05) is 17.2 Å². The maximum Gasteiger partial charge on any atom is 0.227 e. The van der Waals surface area contributed by atoms with Gasteiger partial charge in [0.15, 0.2) is 0 Å². The molecule has 2 aromatic carbocycles. The molecule has 0 radical (unpaired) electrons. The highest BCUT2D eigenvalue weighted by Crippen LogP contribution is 2.30. The Labute approximate surface area is 131 Å². The van der Waals surface area contributed by atoms with Crippen molar-refractivity contribution in [3.8, 4) is 11.1 Å². The number of rotatable bonds is 4. The maximum absolute atomic E-state index is 11.7. The zero-order valence-corrected chi connectivity index (χ0v) is 13.0. The van der Waals surface area contributed by atoms with Crippen LogP contribution in [0.4, 0.5) is 5.69 Å². The van der Waals surface area contributed by atoms with Crippen molar-refractivity contribution in [2.45, 2.75) is 26.7 Å². The number of carbonyl (C=O) groups excluding carboxylic acids is 2. The largest absolute Gasteiger partial charge is 0.326 e. The fraction of sp³-hybridized carbons (Fsp3) is 0.263. The lowest BCUT2D eigenvalue weighted by molar-refractivity contribution is -0.117. The normalized spacial score (nSPS) is 12.8. The molecule has 1 amide bonds. The predicted octanol–water partition coefficient (Wildman–Crippen LogP) is 4.54. The molecule has 0 saturated heterocycles. The highest BCUT2D eigenvalue weighted by molar-refractivity contribution is 5.94. The molecule has 3 heteroatoms. The Morgan fingerprint density at radius 3 is 1.91 bits per heavy atom. The standard InChI is InChI=1S/C17H15NO2.C2H6/c19-11-12-1-3-13(4-2-12)14-7-9-16(10-8-14)18-17(20)15-5-6-15;1-2/h1-4,7-11,15H,5-6H2,(H,18,20);1-2H3. The summed E-state index contributed by atoms with van der Waals surface area (Å²) in [5.41, 5.74) is 3.61. The molecular weight excluding hydrogens is 274 g/mol. The number of amides is 1. The van der Waals surface area contributed by atoms with Gasteiger partial charge < -0.3 is 5.32 Å². The Kier molecular flexibility index (Phi) is 5.48. The fourth-order valence-electron chi connectivity index (χ4n) is 2.09. The molecule has 0 heterocycles. The summed E-state index contributed by atoms with van der Waals surface area (Å²) in [5.74, 6) is 0.332. The number of hydrogen-bond acceptors (Lipinski definition) is 2. The Balaban J connectivity index is 0.000000847. The molecule has 1 N–H and O–H groups in total. The van der Waals surface area contributed by atoms with Gasteiger partial charge in [0.2, 0.25) is 5.91 Å². The predicted molar refractivity (Wildman–Crippen MR) is 90.0 cm³/mol. The van der Waals surface area contributed by atoms with Crippen LogP contribution in [0.1, 0.15) is 37.0 Å². The van der Waals surface area contributed by atoms with Crippen molar-refractivity contribution in [2.75, 3.05) is 5.32 Å². The molecule has 0 unspecified atom stereocenters. The molecule has 1 fully saturated rings. The molecule has 0 atom stereocenters. The lowest BCUT2D eigenvalue weighted by atomic mass is 10.0. The SMILES string of the molecule is CC.O=Cc1ccc(-c2ccc(NC(=O)C3CC3)cc2)cc1. The van der Waals surface area contributed by atoms with Gasteiger partial charge in [-0.25, -0.2) is 0 Å². The van der Waals surface area contributed by atoms with E-state index in [1.165, 1.54) is 0 Å². The van der Waals surface area contributed by atoms with Crippen LogP contribution < -0.4 is 5.32 Å². The van der Waals surface area contributed by atoms with E-state index in [4.69, 9.17) is 0 Å². The molecule has 0 aromatic heterocycles. The van der Waals surface area contributed by atoms with Crippen molar-refractivity contribution in [3.05, 3.63) is 54.1 Å². The zero-order valence-electron chi connectivity index (χ0n) is 13.0. The molecule has 1 aliphatic rings. The second kappa shape index (κ2) is 7.55. The van der Waals surface area contributed by atoms with Crippen LogP contribution in [-0.2, 0) is 4.79 Å². The van der Waals surface area contributed by atoms with E-state index < -0.39 is 0 Å². The molecule has 3 rings (SSSR count). The van der Waals surface area contributed by atoms with Crippen LogP contribution in [0, 0.1) is 5.92 Å². The molecule has 22 heavy (non-hydrogen) atoms. The summed E-state index contributed by atoms with van der Waals surface area (Å²) >= 11 is 0. The summed E-state index contributed by atoms with van der Waals surface area (Å²) in [6.45, 7) is 4.00. The lowest BCUT2D eigenvalue weighted by Crippen LogP contribution is -2.12. The number of nitrogens with one attached hydrogen (secondary N) is 1. The summed E-state index contributed by atoms with van der Waals surface area (Å²) in [5, 5.41) is 2.92. The van der Waals surface area contributed by atoms with Crippen LogP contribution in [0.5, 0.6) is 0 Å². The fourth-order valence-corrected chi connectivity index (χ4v) is 2.09. The smallest absolute Gasteiger partial charge is 0.227 e. The molecule has 1 aliphatic carbocycles. The first-order valence-corrected chi connectivity index (χ1v) is 7.73. The van der Waals surface area contributed by atoms with Gasteiger partial charge in [-0.05, 0) is 36.1 Å². The van der Waals surface area contributed by atoms with E-state index in [1.54, 1.807) is 12.1 Å². The van der Waals surface area contributed by atoms with Crippen molar-refractivity contribution in [3.63, 3.8) is 0 Å². The summed E-state index contributed by atoms with van der Waals surface area (Å²) < 4.78 is 0. The third-order valence-corrected chi connectivity index (χ3v) is 3.48. The van der Waals surface area contributed by atoms with Gasteiger partial charge in [0.1, 0.15) is 6.29 Å². The minimum absolute atomic E-state index is 0.119. The third kappa shape index (κ3) is 4.04. The Morgan fingerprint density at radius 2 is 1.45 bits per heavy atom. The van der Waals surface area contributed by atoms with Crippen LogP contribution in [0.3, 0.4) is 0 Å². The number of carbonyl (C=O) groups is 2. The van der Waals surface area contributed by atoms with E-state index in [0.717, 1.165) is 35.9 Å². The summed E-state index contributed by atoms with van der Waals surface area (Å²) in [6.07, 6.45) is 2.85. The molecule has 0 aliphatic heterocycles. The van der Waals surface area contributed by atoms with Crippen LogP contribution in [-0.4, -0.2) is 12.2 Å². The van der Waals surface area contributed by atoms with Gasteiger partial charge >= 0.3 is 0 Å². The average molecular weight is 295 g/mol. The molecule has 2 aromatic rings. The van der Waals surface area contributed by atoms with Crippen LogP contribution in [0.15, 0.2) is 48.5 Å². The molecule has 1 saturated carbocycles. The van der Waals surface area contributed by atoms with Crippen LogP contribution >= 0.6 is 0 Å². The third-order valence-electron chi connectivity index (χ3n) is 3.48. The Morgan fingerprint density at radius 1 is 0.955 bits per heavy atom. The minimum atomic E-state index is 0.119. The van der Waals surface area contributed by atoms with Gasteiger partial charge in [-0.2, -0.15) is 0 Å². The van der Waals surface area contributed by atoms with Crippen LogP contribution in [0.25, 0.3) is 11.1 Å². The van der Waals surface area contributed by atoms with Crippen molar-refractivity contribution in [2.24, 2.45) is 5.92 Å². The Bertz CT molecular complexity index is 625. The first-order valence-electron chi connectivity index (χ1n) is 7.73. The number of anilines is 1. The molecule has 0 bridgehead atoms. The summed E-state index contributed by atoms with van der Waals surface area (Å²) in [7, 11) is 0. The molecule has 0 spiro atoms. The van der Waals surface area contributed by atoms with E-state index >= 15 is 0 Å². The maximum atomic E-state index is 11.7. The van der Waals surface area contributed by atoms with Crippen molar-refractivity contribution in [1.82, 2.24) is 0 Å². The Hall–Kier alpha value is -2.42. The van der Waals surface area contributed by atoms with E-state index in [9.17, 15) is 9.59 Å². The molecule has 114 valence electrons. The first-order chi connectivity index (χ1) is 10.8. The summed E-state index contributed by atoms with van der Waals surface area (Å²) in [4.78, 5) is 22.3. The number of benzene rings is 2. The number of aldehydes is 1. The van der Waals surface area contributed by atoms with E-state index in [0.29, 0.717) is 5.56 Å². The van der Waals surface area contributed by atoms with Gasteiger partial charge in [-0.15, -0.1) is 0 Å². The second-order valence-corrected chi connectivity index (χ2v) is 5.08. The van der Waals surface area contributed by atoms with Crippen molar-refractivity contribution in [1.29, 1.82) is 0 Å². The van der Waals surface area contributed by atoms with E-state index in [-0.39, 0.29) is 11.8 Å². The lowest BCUT2D eigenvalue weighted by Gasteiger charge is -2.06. The topological polar surface area (TPSA) is 46.2 Å².